The summed E-state index contributed by atoms with van der Waals surface area (Å²) in [7, 11) is 1.72. The van der Waals surface area contributed by atoms with Gasteiger partial charge in [0.05, 0.1) is 5.69 Å². The molecule has 0 saturated carbocycles. The first-order chi connectivity index (χ1) is 7.75. The van der Waals surface area contributed by atoms with E-state index in [0.29, 0.717) is 30.5 Å². The molecule has 0 saturated heterocycles. The third-order valence-corrected chi connectivity index (χ3v) is 2.71. The molecule has 3 rings (SSSR count). The molecule has 2 aliphatic rings. The van der Waals surface area contributed by atoms with Crippen LogP contribution >= 0.6 is 0 Å². The minimum absolute atomic E-state index is 0.0656. The van der Waals surface area contributed by atoms with Gasteiger partial charge in [-0.25, -0.2) is 0 Å². The summed E-state index contributed by atoms with van der Waals surface area (Å²) in [6, 6.07) is 3.55. The van der Waals surface area contributed by atoms with E-state index in [-0.39, 0.29) is 12.5 Å². The molecular weight excluding hydrogens is 210 g/mol. The van der Waals surface area contributed by atoms with Crippen LogP contribution < -0.4 is 19.1 Å². The van der Waals surface area contributed by atoms with Gasteiger partial charge in [-0.05, 0) is 0 Å². The largest absolute Gasteiger partial charge is 0.486 e. The van der Waals surface area contributed by atoms with Gasteiger partial charge in [0.1, 0.15) is 19.0 Å². The maximum Gasteiger partial charge on any atom is 0.264 e. The number of rotatable bonds is 0. The summed E-state index contributed by atoms with van der Waals surface area (Å²) in [6.07, 6.45) is 0. The summed E-state index contributed by atoms with van der Waals surface area (Å²) in [5.74, 6) is 1.93. The van der Waals surface area contributed by atoms with Crippen LogP contribution in [0.4, 0.5) is 5.69 Å². The molecule has 0 fully saturated rings. The van der Waals surface area contributed by atoms with Gasteiger partial charge in [0.15, 0.2) is 18.1 Å². The minimum Gasteiger partial charge on any atom is -0.486 e. The maximum atomic E-state index is 11.5. The van der Waals surface area contributed by atoms with Crippen LogP contribution in [0.2, 0.25) is 0 Å². The van der Waals surface area contributed by atoms with Crippen molar-refractivity contribution in [2.45, 2.75) is 0 Å². The van der Waals surface area contributed by atoms with E-state index in [1.165, 1.54) is 0 Å². The van der Waals surface area contributed by atoms with Crippen molar-refractivity contribution in [3.8, 4) is 17.2 Å². The molecule has 0 N–H and O–H groups in total. The number of hydrogen-bond acceptors (Lipinski definition) is 4. The molecule has 2 heterocycles. The minimum atomic E-state index is -0.0656. The van der Waals surface area contributed by atoms with Crippen LogP contribution in [0, 0.1) is 0 Å². The van der Waals surface area contributed by atoms with Gasteiger partial charge in [0.2, 0.25) is 0 Å². The molecule has 5 heteroatoms. The molecule has 16 heavy (non-hydrogen) atoms. The van der Waals surface area contributed by atoms with Gasteiger partial charge in [-0.1, -0.05) is 0 Å². The molecule has 0 spiro atoms. The highest BCUT2D eigenvalue weighted by molar-refractivity contribution is 5.97. The van der Waals surface area contributed by atoms with E-state index >= 15 is 0 Å². The highest BCUT2D eigenvalue weighted by atomic mass is 16.6. The zero-order valence-electron chi connectivity index (χ0n) is 8.86. The summed E-state index contributed by atoms with van der Waals surface area (Å²) in [4.78, 5) is 13.0. The zero-order valence-corrected chi connectivity index (χ0v) is 8.86. The fourth-order valence-electron chi connectivity index (χ4n) is 1.81. The number of amides is 1. The second kappa shape index (κ2) is 3.30. The van der Waals surface area contributed by atoms with Crippen LogP contribution in [0.15, 0.2) is 12.1 Å². The molecule has 0 radical (unpaired) electrons. The van der Waals surface area contributed by atoms with Crippen LogP contribution in [0.1, 0.15) is 0 Å². The maximum absolute atomic E-state index is 11.5. The first kappa shape index (κ1) is 9.33. The number of carbonyl (C=O) groups is 1. The fraction of sp³-hybridized carbons (Fsp3) is 0.364. The molecule has 1 aromatic carbocycles. The van der Waals surface area contributed by atoms with Gasteiger partial charge in [0.25, 0.3) is 5.91 Å². The van der Waals surface area contributed by atoms with E-state index in [1.807, 2.05) is 0 Å². The molecule has 84 valence electrons. The molecular formula is C11H11NO4. The van der Waals surface area contributed by atoms with Crippen molar-refractivity contribution in [3.63, 3.8) is 0 Å². The van der Waals surface area contributed by atoms with E-state index in [2.05, 4.69) is 0 Å². The first-order valence-corrected chi connectivity index (χ1v) is 5.09. The highest BCUT2D eigenvalue weighted by Crippen LogP contribution is 2.42. The third-order valence-electron chi connectivity index (χ3n) is 2.71. The van der Waals surface area contributed by atoms with Crippen LogP contribution in [-0.4, -0.2) is 32.8 Å². The summed E-state index contributed by atoms with van der Waals surface area (Å²) in [5.41, 5.74) is 0.723. The van der Waals surface area contributed by atoms with E-state index in [4.69, 9.17) is 14.2 Å². The lowest BCUT2D eigenvalue weighted by Gasteiger charge is -2.28. The molecule has 1 amide bonds. The SMILES string of the molecule is CN1C(=O)COc2cc3c(cc21)OCCO3. The Morgan fingerprint density at radius 3 is 2.50 bits per heavy atom. The van der Waals surface area contributed by atoms with E-state index in [1.54, 1.807) is 24.1 Å². The molecule has 0 bridgehead atoms. The van der Waals surface area contributed by atoms with Gasteiger partial charge in [-0.15, -0.1) is 0 Å². The predicted molar refractivity (Wildman–Crippen MR) is 56.3 cm³/mol. The molecule has 0 unspecified atom stereocenters. The van der Waals surface area contributed by atoms with E-state index in [0.717, 1.165) is 5.69 Å². The lowest BCUT2D eigenvalue weighted by molar-refractivity contribution is -0.121. The van der Waals surface area contributed by atoms with Gasteiger partial charge in [0, 0.05) is 19.2 Å². The molecule has 0 atom stereocenters. The number of benzene rings is 1. The summed E-state index contributed by atoms with van der Waals surface area (Å²) in [6.45, 7) is 1.15. The Kier molecular flexibility index (Phi) is 1.92. The van der Waals surface area contributed by atoms with Gasteiger partial charge < -0.3 is 19.1 Å². The first-order valence-electron chi connectivity index (χ1n) is 5.09. The number of carbonyl (C=O) groups excluding carboxylic acids is 1. The standard InChI is InChI=1S/C11H11NO4/c1-12-7-4-9-10(15-3-2-14-9)5-8(7)16-6-11(12)13/h4-5H,2-3,6H2,1H3. The van der Waals surface area contributed by atoms with Crippen LogP contribution in [0.3, 0.4) is 0 Å². The Hall–Kier alpha value is -1.91. The second-order valence-electron chi connectivity index (χ2n) is 3.71. The number of anilines is 1. The smallest absolute Gasteiger partial charge is 0.264 e. The number of ether oxygens (including phenoxy) is 3. The Balaban J connectivity index is 2.10. The fourth-order valence-corrected chi connectivity index (χ4v) is 1.81. The van der Waals surface area contributed by atoms with E-state index < -0.39 is 0 Å². The van der Waals surface area contributed by atoms with Crippen molar-refractivity contribution in [3.05, 3.63) is 12.1 Å². The lowest BCUT2D eigenvalue weighted by atomic mass is 10.2. The zero-order chi connectivity index (χ0) is 11.1. The molecule has 0 aromatic heterocycles. The molecule has 0 aliphatic carbocycles. The summed E-state index contributed by atoms with van der Waals surface area (Å²) >= 11 is 0. The number of hydrogen-bond donors (Lipinski definition) is 0. The summed E-state index contributed by atoms with van der Waals surface area (Å²) in [5, 5.41) is 0. The normalized spacial score (nSPS) is 17.8. The summed E-state index contributed by atoms with van der Waals surface area (Å²) < 4.78 is 16.2. The Bertz CT molecular complexity index is 458. The second-order valence-corrected chi connectivity index (χ2v) is 3.71. The molecule has 2 aliphatic heterocycles. The number of nitrogens with zero attached hydrogens (tertiary/aromatic N) is 1. The van der Waals surface area contributed by atoms with Gasteiger partial charge in [-0.2, -0.15) is 0 Å². The highest BCUT2D eigenvalue weighted by Gasteiger charge is 2.25. The Morgan fingerprint density at radius 2 is 1.75 bits per heavy atom. The Labute approximate surface area is 92.5 Å². The van der Waals surface area contributed by atoms with E-state index in [9.17, 15) is 4.79 Å². The monoisotopic (exact) mass is 221 g/mol. The Morgan fingerprint density at radius 1 is 1.06 bits per heavy atom. The van der Waals surface area contributed by atoms with Gasteiger partial charge >= 0.3 is 0 Å². The van der Waals surface area contributed by atoms with Crippen LogP contribution in [0.5, 0.6) is 17.2 Å². The number of likely N-dealkylation sites (N-methyl/N-ethyl adjacent to an activating group) is 1. The third kappa shape index (κ3) is 1.28. The molecule has 1 aromatic rings. The van der Waals surface area contributed by atoms with Gasteiger partial charge in [-0.3, -0.25) is 4.79 Å². The van der Waals surface area contributed by atoms with Crippen molar-refractivity contribution in [1.29, 1.82) is 0 Å². The average Bonchev–Trinajstić information content (AvgIpc) is 2.32. The number of fused-ring (bicyclic) bond motifs is 2. The van der Waals surface area contributed by atoms with Crippen LogP contribution in [-0.2, 0) is 4.79 Å². The topological polar surface area (TPSA) is 48.0 Å². The van der Waals surface area contributed by atoms with Crippen molar-refractivity contribution in [1.82, 2.24) is 0 Å². The van der Waals surface area contributed by atoms with Crippen molar-refractivity contribution in [2.24, 2.45) is 0 Å². The van der Waals surface area contributed by atoms with Crippen molar-refractivity contribution < 1.29 is 19.0 Å². The lowest BCUT2D eigenvalue weighted by Crippen LogP contribution is -2.35. The molecule has 5 nitrogen and oxygen atoms in total. The van der Waals surface area contributed by atoms with Crippen molar-refractivity contribution in [2.75, 3.05) is 31.8 Å². The average molecular weight is 221 g/mol. The predicted octanol–water partition coefficient (Wildman–Crippen LogP) is 0.813. The van der Waals surface area contributed by atoms with Crippen LogP contribution in [0.25, 0.3) is 0 Å². The quantitative estimate of drug-likeness (QED) is 0.650. The van der Waals surface area contributed by atoms with Crippen molar-refractivity contribution >= 4 is 11.6 Å².